The Balaban J connectivity index is 2.53. The summed E-state index contributed by atoms with van der Waals surface area (Å²) in [7, 11) is 0. The summed E-state index contributed by atoms with van der Waals surface area (Å²) < 4.78 is 5.26. The summed E-state index contributed by atoms with van der Waals surface area (Å²) >= 11 is 11.6. The Morgan fingerprint density at radius 2 is 2.11 bits per heavy atom. The van der Waals surface area contributed by atoms with Crippen molar-refractivity contribution in [3.63, 3.8) is 0 Å². The fourth-order valence-electron chi connectivity index (χ4n) is 1.19. The molecule has 0 aliphatic rings. The molecule has 0 radical (unpaired) electrons. The highest BCUT2D eigenvalue weighted by Crippen LogP contribution is 2.27. The van der Waals surface area contributed by atoms with Gasteiger partial charge in [-0.3, -0.25) is 4.79 Å². The maximum absolute atomic E-state index is 11.6. The first-order chi connectivity index (χ1) is 8.34. The monoisotopic (exact) mass is 291 g/mol. The number of hydrogen-bond donors (Lipinski definition) is 2. The SMILES string of the molecule is CC(C)(CO)NC(=O)COc1ccc(Cl)cc1Cl. The third-order valence-corrected chi connectivity index (χ3v) is 2.66. The minimum absolute atomic E-state index is 0.152. The van der Waals surface area contributed by atoms with Crippen LogP contribution < -0.4 is 10.1 Å². The molecule has 0 aromatic heterocycles. The van der Waals surface area contributed by atoms with Crippen molar-refractivity contribution in [1.29, 1.82) is 0 Å². The minimum atomic E-state index is -0.676. The molecule has 0 spiro atoms. The van der Waals surface area contributed by atoms with Gasteiger partial charge in [0.15, 0.2) is 6.61 Å². The van der Waals surface area contributed by atoms with Crippen LogP contribution in [-0.4, -0.2) is 29.8 Å². The van der Waals surface area contributed by atoms with E-state index >= 15 is 0 Å². The van der Waals surface area contributed by atoms with E-state index in [4.69, 9.17) is 33.0 Å². The molecule has 0 aliphatic carbocycles. The first-order valence-electron chi connectivity index (χ1n) is 5.34. The van der Waals surface area contributed by atoms with E-state index in [9.17, 15) is 4.79 Å². The number of aliphatic hydroxyl groups excluding tert-OH is 1. The van der Waals surface area contributed by atoms with Crippen molar-refractivity contribution in [2.45, 2.75) is 19.4 Å². The summed E-state index contributed by atoms with van der Waals surface area (Å²) in [5.74, 6) is 0.0538. The molecule has 0 aliphatic heterocycles. The summed E-state index contributed by atoms with van der Waals surface area (Å²) in [4.78, 5) is 11.6. The minimum Gasteiger partial charge on any atom is -0.482 e. The van der Waals surface area contributed by atoms with E-state index in [0.29, 0.717) is 15.8 Å². The second-order valence-corrected chi connectivity index (χ2v) is 5.30. The Kier molecular flexibility index (Phi) is 5.26. The van der Waals surface area contributed by atoms with Crippen LogP contribution in [0.1, 0.15) is 13.8 Å². The number of carbonyl (C=O) groups is 1. The molecule has 1 rings (SSSR count). The van der Waals surface area contributed by atoms with Crippen LogP contribution in [0, 0.1) is 0 Å². The quantitative estimate of drug-likeness (QED) is 0.875. The van der Waals surface area contributed by atoms with Gasteiger partial charge in [-0.15, -0.1) is 0 Å². The van der Waals surface area contributed by atoms with E-state index in [-0.39, 0.29) is 19.1 Å². The van der Waals surface area contributed by atoms with Gasteiger partial charge in [-0.05, 0) is 32.0 Å². The average Bonchev–Trinajstić information content (AvgIpc) is 2.27. The highest BCUT2D eigenvalue weighted by atomic mass is 35.5. The number of rotatable bonds is 5. The van der Waals surface area contributed by atoms with Crippen LogP contribution in [-0.2, 0) is 4.79 Å². The predicted molar refractivity (Wildman–Crippen MR) is 71.3 cm³/mol. The maximum Gasteiger partial charge on any atom is 0.258 e. The summed E-state index contributed by atoms with van der Waals surface area (Å²) in [5.41, 5.74) is -0.676. The molecule has 0 saturated carbocycles. The largest absolute Gasteiger partial charge is 0.482 e. The van der Waals surface area contributed by atoms with Crippen LogP contribution in [0.25, 0.3) is 0 Å². The van der Waals surface area contributed by atoms with Crippen molar-refractivity contribution >= 4 is 29.1 Å². The molecule has 4 nitrogen and oxygen atoms in total. The lowest BCUT2D eigenvalue weighted by Crippen LogP contribution is -2.48. The van der Waals surface area contributed by atoms with Crippen LogP contribution in [0.15, 0.2) is 18.2 Å². The van der Waals surface area contributed by atoms with E-state index in [1.165, 1.54) is 6.07 Å². The maximum atomic E-state index is 11.6. The number of ether oxygens (including phenoxy) is 1. The molecule has 0 atom stereocenters. The molecule has 100 valence electrons. The lowest BCUT2D eigenvalue weighted by molar-refractivity contribution is -0.125. The third kappa shape index (κ3) is 4.72. The first-order valence-corrected chi connectivity index (χ1v) is 6.09. The summed E-state index contributed by atoms with van der Waals surface area (Å²) in [6.07, 6.45) is 0. The smallest absolute Gasteiger partial charge is 0.258 e. The third-order valence-electron chi connectivity index (χ3n) is 2.13. The zero-order valence-electron chi connectivity index (χ0n) is 10.2. The number of amides is 1. The number of carbonyl (C=O) groups excluding carboxylic acids is 1. The number of aliphatic hydroxyl groups is 1. The number of benzene rings is 1. The van der Waals surface area contributed by atoms with Gasteiger partial charge in [0.25, 0.3) is 5.91 Å². The van der Waals surface area contributed by atoms with Crippen molar-refractivity contribution < 1.29 is 14.6 Å². The zero-order chi connectivity index (χ0) is 13.8. The molecule has 0 heterocycles. The van der Waals surface area contributed by atoms with Crippen molar-refractivity contribution in [3.8, 4) is 5.75 Å². The number of hydrogen-bond acceptors (Lipinski definition) is 3. The van der Waals surface area contributed by atoms with Gasteiger partial charge in [0, 0.05) is 5.02 Å². The second-order valence-electron chi connectivity index (χ2n) is 4.45. The van der Waals surface area contributed by atoms with Crippen molar-refractivity contribution in [2.75, 3.05) is 13.2 Å². The van der Waals surface area contributed by atoms with E-state index in [2.05, 4.69) is 5.32 Å². The molecule has 6 heteroatoms. The fourth-order valence-corrected chi connectivity index (χ4v) is 1.65. The normalized spacial score (nSPS) is 11.2. The first kappa shape index (κ1) is 15.1. The molecular formula is C12H15Cl2NO3. The standard InChI is InChI=1S/C12H15Cl2NO3/c1-12(2,7-16)15-11(17)6-18-10-4-3-8(13)5-9(10)14/h3-5,16H,6-7H2,1-2H3,(H,15,17). The lowest BCUT2D eigenvalue weighted by atomic mass is 10.1. The van der Waals surface area contributed by atoms with Crippen LogP contribution >= 0.6 is 23.2 Å². The number of halogens is 2. The molecule has 1 amide bonds. The Bertz CT molecular complexity index is 435. The molecular weight excluding hydrogens is 277 g/mol. The van der Waals surface area contributed by atoms with Gasteiger partial charge in [0.05, 0.1) is 17.2 Å². The van der Waals surface area contributed by atoms with Crippen molar-refractivity contribution in [3.05, 3.63) is 28.2 Å². The Morgan fingerprint density at radius 1 is 1.44 bits per heavy atom. The van der Waals surface area contributed by atoms with Crippen LogP contribution in [0.5, 0.6) is 5.75 Å². The van der Waals surface area contributed by atoms with Gasteiger partial charge in [-0.1, -0.05) is 23.2 Å². The molecule has 2 N–H and O–H groups in total. The summed E-state index contributed by atoms with van der Waals surface area (Å²) in [6.45, 7) is 3.09. The van der Waals surface area contributed by atoms with Gasteiger partial charge >= 0.3 is 0 Å². The molecule has 1 aromatic carbocycles. The zero-order valence-corrected chi connectivity index (χ0v) is 11.7. The Hall–Kier alpha value is -0.970. The van der Waals surface area contributed by atoms with Gasteiger partial charge in [-0.2, -0.15) is 0 Å². The topological polar surface area (TPSA) is 58.6 Å². The summed E-state index contributed by atoms with van der Waals surface area (Å²) in [6, 6.07) is 4.75. The highest BCUT2D eigenvalue weighted by Gasteiger charge is 2.19. The molecule has 0 unspecified atom stereocenters. The lowest BCUT2D eigenvalue weighted by Gasteiger charge is -2.23. The van der Waals surface area contributed by atoms with E-state index in [0.717, 1.165) is 0 Å². The molecule has 0 bridgehead atoms. The van der Waals surface area contributed by atoms with Gasteiger partial charge in [0.2, 0.25) is 0 Å². The van der Waals surface area contributed by atoms with Crippen LogP contribution in [0.3, 0.4) is 0 Å². The number of nitrogens with one attached hydrogen (secondary N) is 1. The summed E-state index contributed by atoms with van der Waals surface area (Å²) in [5, 5.41) is 12.5. The Morgan fingerprint density at radius 3 is 2.67 bits per heavy atom. The highest BCUT2D eigenvalue weighted by molar-refractivity contribution is 6.35. The van der Waals surface area contributed by atoms with E-state index < -0.39 is 5.54 Å². The molecule has 0 fully saturated rings. The Labute approximate surface area is 116 Å². The van der Waals surface area contributed by atoms with Crippen molar-refractivity contribution in [2.24, 2.45) is 0 Å². The van der Waals surface area contributed by atoms with Gasteiger partial charge < -0.3 is 15.2 Å². The molecule has 0 saturated heterocycles. The molecule has 18 heavy (non-hydrogen) atoms. The fraction of sp³-hybridized carbons (Fsp3) is 0.417. The van der Waals surface area contributed by atoms with E-state index in [1.807, 2.05) is 0 Å². The average molecular weight is 292 g/mol. The second kappa shape index (κ2) is 6.27. The van der Waals surface area contributed by atoms with Gasteiger partial charge in [-0.25, -0.2) is 0 Å². The van der Waals surface area contributed by atoms with Crippen LogP contribution in [0.2, 0.25) is 10.0 Å². The van der Waals surface area contributed by atoms with Crippen LogP contribution in [0.4, 0.5) is 0 Å². The van der Waals surface area contributed by atoms with E-state index in [1.54, 1.807) is 26.0 Å². The predicted octanol–water partition coefficient (Wildman–Crippen LogP) is 2.26. The van der Waals surface area contributed by atoms with Crippen molar-refractivity contribution in [1.82, 2.24) is 5.32 Å². The van der Waals surface area contributed by atoms with Gasteiger partial charge in [0.1, 0.15) is 5.75 Å². The molecule has 1 aromatic rings.